The average Bonchev–Trinajstić information content (AvgIpc) is 2.83. The minimum Gasteiger partial charge on any atom is -0.496 e. The number of sulfonamides is 1. The molecule has 1 amide bonds. The number of ether oxygens (including phenoxy) is 3. The molecule has 1 aliphatic heterocycles. The molecule has 0 spiro atoms. The van der Waals surface area contributed by atoms with Crippen LogP contribution in [0.4, 0.5) is 5.69 Å². The first-order chi connectivity index (χ1) is 15.8. The highest BCUT2D eigenvalue weighted by Gasteiger charge is 2.27. The first-order valence-corrected chi connectivity index (χ1v) is 12.1. The predicted octanol–water partition coefficient (Wildman–Crippen LogP) is 2.46. The Kier molecular flexibility index (Phi) is 8.43. The molecule has 1 saturated heterocycles. The monoisotopic (exact) mass is 476 g/mol. The summed E-state index contributed by atoms with van der Waals surface area (Å²) in [7, 11) is -2.15. The van der Waals surface area contributed by atoms with E-state index < -0.39 is 16.0 Å². The Morgan fingerprint density at radius 3 is 2.42 bits per heavy atom. The zero-order valence-corrected chi connectivity index (χ0v) is 19.5. The SMILES string of the molecule is CCOC(=O)c1ccc(NC(=O)CCc2cc(S(=O)(=O)N3CCOCC3)ccc2OC)cc1. The molecule has 1 heterocycles. The van der Waals surface area contributed by atoms with Crippen molar-refractivity contribution >= 4 is 27.6 Å². The van der Waals surface area contributed by atoms with Gasteiger partial charge in [-0.05, 0) is 61.4 Å². The number of anilines is 1. The standard InChI is InChI=1S/C23H28N2O7S/c1-3-32-23(27)17-4-7-19(8-5-17)24-22(26)11-6-18-16-20(9-10-21(18)30-2)33(28,29)25-12-14-31-15-13-25/h4-5,7-10,16H,3,6,11-15H2,1-2H3,(H,24,26). The van der Waals surface area contributed by atoms with Crippen molar-refractivity contribution in [2.24, 2.45) is 0 Å². The number of carbonyl (C=O) groups excluding carboxylic acids is 2. The van der Waals surface area contributed by atoms with Crippen LogP contribution in [0.5, 0.6) is 5.75 Å². The van der Waals surface area contributed by atoms with E-state index >= 15 is 0 Å². The van der Waals surface area contributed by atoms with E-state index in [9.17, 15) is 18.0 Å². The number of nitrogens with zero attached hydrogens (tertiary/aromatic N) is 1. The number of rotatable bonds is 9. The Hall–Kier alpha value is -2.95. The van der Waals surface area contributed by atoms with Crippen molar-refractivity contribution in [1.82, 2.24) is 4.31 Å². The number of amides is 1. The molecule has 1 fully saturated rings. The molecule has 0 bridgehead atoms. The number of hydrogen-bond acceptors (Lipinski definition) is 7. The Labute approximate surface area is 193 Å². The number of aryl methyl sites for hydroxylation is 1. The van der Waals surface area contributed by atoms with E-state index in [1.165, 1.54) is 17.5 Å². The van der Waals surface area contributed by atoms with Crippen molar-refractivity contribution in [2.45, 2.75) is 24.7 Å². The molecule has 0 unspecified atom stereocenters. The Bertz CT molecular complexity index is 1080. The van der Waals surface area contributed by atoms with Crippen LogP contribution in [-0.4, -0.2) is 64.6 Å². The third-order valence-corrected chi connectivity index (χ3v) is 7.06. The molecule has 0 atom stereocenters. The summed E-state index contributed by atoms with van der Waals surface area (Å²) in [6.07, 6.45) is 0.416. The van der Waals surface area contributed by atoms with Gasteiger partial charge in [0, 0.05) is 25.2 Å². The molecule has 2 aromatic rings. The van der Waals surface area contributed by atoms with Gasteiger partial charge in [0.05, 0.1) is 37.4 Å². The smallest absolute Gasteiger partial charge is 0.338 e. The zero-order chi connectivity index (χ0) is 23.8. The second kappa shape index (κ2) is 11.3. The van der Waals surface area contributed by atoms with Gasteiger partial charge in [0.15, 0.2) is 0 Å². The maximum atomic E-state index is 13.0. The average molecular weight is 477 g/mol. The molecular formula is C23H28N2O7S. The van der Waals surface area contributed by atoms with Crippen molar-refractivity contribution in [3.8, 4) is 5.75 Å². The van der Waals surface area contributed by atoms with Crippen molar-refractivity contribution in [1.29, 1.82) is 0 Å². The number of carbonyl (C=O) groups is 2. The second-order valence-electron chi connectivity index (χ2n) is 7.34. The summed E-state index contributed by atoms with van der Waals surface area (Å²) in [5.41, 5.74) is 1.57. The van der Waals surface area contributed by atoms with Crippen LogP contribution in [0.1, 0.15) is 29.3 Å². The second-order valence-corrected chi connectivity index (χ2v) is 9.27. The lowest BCUT2D eigenvalue weighted by Crippen LogP contribution is -2.40. The topological polar surface area (TPSA) is 111 Å². The van der Waals surface area contributed by atoms with Crippen LogP contribution in [0, 0.1) is 0 Å². The van der Waals surface area contributed by atoms with Crippen LogP contribution in [-0.2, 0) is 30.7 Å². The molecule has 0 aliphatic carbocycles. The Balaban J connectivity index is 1.65. The highest BCUT2D eigenvalue weighted by molar-refractivity contribution is 7.89. The number of hydrogen-bond donors (Lipinski definition) is 1. The zero-order valence-electron chi connectivity index (χ0n) is 18.7. The van der Waals surface area contributed by atoms with Gasteiger partial charge in [0.2, 0.25) is 15.9 Å². The first kappa shape index (κ1) is 24.7. The van der Waals surface area contributed by atoms with Crippen LogP contribution < -0.4 is 10.1 Å². The van der Waals surface area contributed by atoms with E-state index in [1.807, 2.05) is 0 Å². The number of esters is 1. The van der Waals surface area contributed by atoms with E-state index in [2.05, 4.69) is 5.32 Å². The number of nitrogens with one attached hydrogen (secondary N) is 1. The van der Waals surface area contributed by atoms with Crippen LogP contribution in [0.2, 0.25) is 0 Å². The van der Waals surface area contributed by atoms with Gasteiger partial charge in [0.25, 0.3) is 0 Å². The molecule has 33 heavy (non-hydrogen) atoms. The Morgan fingerprint density at radius 2 is 1.79 bits per heavy atom. The fraction of sp³-hybridized carbons (Fsp3) is 0.391. The summed E-state index contributed by atoms with van der Waals surface area (Å²) in [5, 5.41) is 2.77. The summed E-state index contributed by atoms with van der Waals surface area (Å²) in [5.74, 6) is -0.153. The van der Waals surface area contributed by atoms with E-state index in [-0.39, 0.29) is 23.8 Å². The third-order valence-electron chi connectivity index (χ3n) is 5.16. The Morgan fingerprint density at radius 1 is 1.09 bits per heavy atom. The minimum absolute atomic E-state index is 0.122. The molecule has 1 aliphatic rings. The quantitative estimate of drug-likeness (QED) is 0.554. The fourth-order valence-corrected chi connectivity index (χ4v) is 4.88. The van der Waals surface area contributed by atoms with Crippen LogP contribution in [0.15, 0.2) is 47.4 Å². The van der Waals surface area contributed by atoms with Gasteiger partial charge in [-0.15, -0.1) is 0 Å². The summed E-state index contributed by atoms with van der Waals surface area (Å²) in [4.78, 5) is 24.3. The van der Waals surface area contributed by atoms with Crippen LogP contribution in [0.25, 0.3) is 0 Å². The maximum Gasteiger partial charge on any atom is 0.338 e. The van der Waals surface area contributed by atoms with Gasteiger partial charge in [-0.2, -0.15) is 4.31 Å². The van der Waals surface area contributed by atoms with Crippen molar-refractivity contribution in [3.63, 3.8) is 0 Å². The van der Waals surface area contributed by atoms with Crippen molar-refractivity contribution in [2.75, 3.05) is 45.3 Å². The van der Waals surface area contributed by atoms with Gasteiger partial charge in [0.1, 0.15) is 5.75 Å². The normalized spacial score (nSPS) is 14.5. The lowest BCUT2D eigenvalue weighted by Gasteiger charge is -2.26. The van der Waals surface area contributed by atoms with Crippen molar-refractivity contribution < 1.29 is 32.2 Å². The molecule has 2 aromatic carbocycles. The molecule has 0 aromatic heterocycles. The van der Waals surface area contributed by atoms with Gasteiger partial charge < -0.3 is 19.5 Å². The molecular weight excluding hydrogens is 448 g/mol. The molecule has 0 saturated carbocycles. The molecule has 3 rings (SSSR count). The summed E-state index contributed by atoms with van der Waals surface area (Å²) >= 11 is 0. The van der Waals surface area contributed by atoms with E-state index in [4.69, 9.17) is 14.2 Å². The van der Waals surface area contributed by atoms with Crippen LogP contribution >= 0.6 is 0 Å². The van der Waals surface area contributed by atoms with Gasteiger partial charge in [-0.25, -0.2) is 13.2 Å². The van der Waals surface area contributed by atoms with E-state index in [0.29, 0.717) is 55.3 Å². The minimum atomic E-state index is -3.65. The van der Waals surface area contributed by atoms with Gasteiger partial charge in [-0.1, -0.05) is 0 Å². The largest absolute Gasteiger partial charge is 0.496 e. The summed E-state index contributed by atoms with van der Waals surface area (Å²) in [6, 6.07) is 11.1. The van der Waals surface area contributed by atoms with Crippen molar-refractivity contribution in [3.05, 3.63) is 53.6 Å². The molecule has 9 nitrogen and oxygen atoms in total. The molecule has 1 N–H and O–H groups in total. The lowest BCUT2D eigenvalue weighted by atomic mass is 10.1. The van der Waals surface area contributed by atoms with E-state index in [1.54, 1.807) is 43.3 Å². The van der Waals surface area contributed by atoms with Gasteiger partial charge in [-0.3, -0.25) is 4.79 Å². The van der Waals surface area contributed by atoms with E-state index in [0.717, 1.165) is 0 Å². The highest BCUT2D eigenvalue weighted by atomic mass is 32.2. The third kappa shape index (κ3) is 6.31. The molecule has 10 heteroatoms. The predicted molar refractivity (Wildman–Crippen MR) is 122 cm³/mol. The number of benzene rings is 2. The molecule has 0 radical (unpaired) electrons. The fourth-order valence-electron chi connectivity index (χ4n) is 3.42. The summed E-state index contributed by atoms with van der Waals surface area (Å²) < 4.78 is 42.8. The summed E-state index contributed by atoms with van der Waals surface area (Å²) in [6.45, 7) is 3.36. The number of morpholine rings is 1. The highest BCUT2D eigenvalue weighted by Crippen LogP contribution is 2.26. The van der Waals surface area contributed by atoms with Gasteiger partial charge >= 0.3 is 5.97 Å². The molecule has 178 valence electrons. The first-order valence-electron chi connectivity index (χ1n) is 10.7. The van der Waals surface area contributed by atoms with Crippen LogP contribution in [0.3, 0.4) is 0 Å². The maximum absolute atomic E-state index is 13.0. The lowest BCUT2D eigenvalue weighted by molar-refractivity contribution is -0.116. The number of methoxy groups -OCH3 is 1.